The minimum absolute atomic E-state index is 0.0924. The number of imidazole rings is 1. The lowest BCUT2D eigenvalue weighted by atomic mass is 10.1. The van der Waals surface area contributed by atoms with Crippen LogP contribution >= 0.6 is 0 Å². The van der Waals surface area contributed by atoms with E-state index in [0.717, 1.165) is 0 Å². The first-order valence-electron chi connectivity index (χ1n) is 8.64. The number of nitro groups is 1. The van der Waals surface area contributed by atoms with Gasteiger partial charge >= 0.3 is 18.2 Å². The van der Waals surface area contributed by atoms with Gasteiger partial charge in [-0.1, -0.05) is 19.1 Å². The molecule has 0 N–H and O–H groups in total. The maximum Gasteiger partial charge on any atom is 0.573 e. The second-order valence-corrected chi connectivity index (χ2v) is 6.32. The molecule has 0 radical (unpaired) electrons. The van der Waals surface area contributed by atoms with Gasteiger partial charge < -0.3 is 24.5 Å². The predicted molar refractivity (Wildman–Crippen MR) is 92.1 cm³/mol. The average molecular weight is 414 g/mol. The molecule has 0 unspecified atom stereocenters. The van der Waals surface area contributed by atoms with Crippen LogP contribution < -0.4 is 9.47 Å². The molecule has 1 aromatic carbocycles. The monoisotopic (exact) mass is 414 g/mol. The molecule has 2 heterocycles. The van der Waals surface area contributed by atoms with Crippen LogP contribution in [0.3, 0.4) is 0 Å². The van der Waals surface area contributed by atoms with Gasteiger partial charge in [0.25, 0.3) is 0 Å². The highest BCUT2D eigenvalue weighted by Crippen LogP contribution is 2.26. The number of carbonyl (C=O) groups excluding carboxylic acids is 1. The normalized spacial score (nSPS) is 15.9. The SMILES string of the molecule is CCC(=O)N(Cc1ccc(OC(F)(F)F)cc1)[C@@H]1COc2nc([N+](=O)[O-])cn2C1. The standard InChI is InChI=1S/C17H17F3N4O5/c1-2-15(25)23(7-11-3-5-13(6-4-11)29-17(18,19)20)12-8-22-9-14(24(26)27)21-16(22)28-10-12/h3-6,9,12H,2,7-8,10H2,1H3/t12-/m0/s1. The molecular weight excluding hydrogens is 397 g/mol. The second-order valence-electron chi connectivity index (χ2n) is 6.32. The van der Waals surface area contributed by atoms with Crippen LogP contribution in [0, 0.1) is 10.1 Å². The quantitative estimate of drug-likeness (QED) is 0.532. The third-order valence-corrected chi connectivity index (χ3v) is 4.30. The Morgan fingerprint density at radius 3 is 2.69 bits per heavy atom. The molecule has 0 fully saturated rings. The van der Waals surface area contributed by atoms with Crippen LogP contribution in [-0.4, -0.2) is 44.3 Å². The van der Waals surface area contributed by atoms with Crippen molar-refractivity contribution < 1.29 is 32.4 Å². The zero-order valence-electron chi connectivity index (χ0n) is 15.3. The van der Waals surface area contributed by atoms with Crippen LogP contribution in [0.15, 0.2) is 30.5 Å². The molecule has 0 aliphatic carbocycles. The van der Waals surface area contributed by atoms with Crippen molar-refractivity contribution >= 4 is 11.7 Å². The van der Waals surface area contributed by atoms with Crippen molar-refractivity contribution in [3.05, 3.63) is 46.1 Å². The van der Waals surface area contributed by atoms with Gasteiger partial charge in [0.15, 0.2) is 0 Å². The summed E-state index contributed by atoms with van der Waals surface area (Å²) in [5.41, 5.74) is 0.601. The molecule has 1 aliphatic rings. The lowest BCUT2D eigenvalue weighted by molar-refractivity contribution is -0.389. The maximum absolute atomic E-state index is 12.5. The fourth-order valence-electron chi connectivity index (χ4n) is 2.98. The van der Waals surface area contributed by atoms with Gasteiger partial charge in [-0.3, -0.25) is 9.36 Å². The summed E-state index contributed by atoms with van der Waals surface area (Å²) in [6, 6.07) is 4.90. The number of ether oxygens (including phenoxy) is 2. The summed E-state index contributed by atoms with van der Waals surface area (Å²) < 4.78 is 47.6. The fourth-order valence-corrected chi connectivity index (χ4v) is 2.98. The second kappa shape index (κ2) is 7.97. The zero-order valence-corrected chi connectivity index (χ0v) is 15.3. The third kappa shape index (κ3) is 4.95. The molecule has 0 saturated heterocycles. The van der Waals surface area contributed by atoms with Crippen molar-refractivity contribution in [2.24, 2.45) is 0 Å². The van der Waals surface area contributed by atoms with Gasteiger partial charge in [-0.15, -0.1) is 13.2 Å². The largest absolute Gasteiger partial charge is 0.573 e. The number of alkyl halides is 3. The fraction of sp³-hybridized carbons (Fsp3) is 0.412. The van der Waals surface area contributed by atoms with Gasteiger partial charge in [-0.2, -0.15) is 0 Å². The molecule has 1 aliphatic heterocycles. The summed E-state index contributed by atoms with van der Waals surface area (Å²) in [7, 11) is 0. The summed E-state index contributed by atoms with van der Waals surface area (Å²) in [4.78, 5) is 28.0. The van der Waals surface area contributed by atoms with E-state index < -0.39 is 17.3 Å². The Morgan fingerprint density at radius 2 is 2.10 bits per heavy atom. The number of benzene rings is 1. The van der Waals surface area contributed by atoms with Gasteiger partial charge in [0, 0.05) is 17.9 Å². The van der Waals surface area contributed by atoms with E-state index in [-0.39, 0.29) is 49.6 Å². The van der Waals surface area contributed by atoms with E-state index in [4.69, 9.17) is 4.74 Å². The first-order chi connectivity index (χ1) is 13.7. The number of hydrogen-bond acceptors (Lipinski definition) is 6. The molecule has 156 valence electrons. The Labute approximate surface area is 162 Å². The molecule has 9 nitrogen and oxygen atoms in total. The van der Waals surface area contributed by atoms with Gasteiger partial charge in [-0.05, 0) is 22.6 Å². The van der Waals surface area contributed by atoms with Crippen LogP contribution in [0.25, 0.3) is 0 Å². The van der Waals surface area contributed by atoms with Gasteiger partial charge in [0.2, 0.25) is 5.91 Å². The van der Waals surface area contributed by atoms with Crippen molar-refractivity contribution in [1.82, 2.24) is 14.5 Å². The van der Waals surface area contributed by atoms with Crippen LogP contribution in [0.1, 0.15) is 18.9 Å². The molecule has 29 heavy (non-hydrogen) atoms. The summed E-state index contributed by atoms with van der Waals surface area (Å²) in [6.45, 7) is 2.16. The molecule has 3 rings (SSSR count). The first-order valence-corrected chi connectivity index (χ1v) is 8.64. The number of hydrogen-bond donors (Lipinski definition) is 0. The Balaban J connectivity index is 1.75. The Morgan fingerprint density at radius 1 is 1.41 bits per heavy atom. The van der Waals surface area contributed by atoms with Crippen LogP contribution in [0.5, 0.6) is 11.8 Å². The summed E-state index contributed by atoms with van der Waals surface area (Å²) >= 11 is 0. The minimum atomic E-state index is -4.78. The van der Waals surface area contributed by atoms with Gasteiger partial charge in [0.05, 0.1) is 12.6 Å². The lowest BCUT2D eigenvalue weighted by Gasteiger charge is -2.33. The van der Waals surface area contributed by atoms with Crippen LogP contribution in [-0.2, 0) is 17.9 Å². The van der Waals surface area contributed by atoms with E-state index in [0.29, 0.717) is 5.56 Å². The lowest BCUT2D eigenvalue weighted by Crippen LogP contribution is -2.47. The van der Waals surface area contributed by atoms with Crippen molar-refractivity contribution in [2.75, 3.05) is 6.61 Å². The molecule has 0 spiro atoms. The molecule has 12 heteroatoms. The molecule has 1 amide bonds. The molecule has 0 saturated carbocycles. The van der Waals surface area contributed by atoms with Crippen molar-refractivity contribution in [3.63, 3.8) is 0 Å². The number of aromatic nitrogens is 2. The van der Waals surface area contributed by atoms with Gasteiger partial charge in [-0.25, -0.2) is 0 Å². The maximum atomic E-state index is 12.5. The van der Waals surface area contributed by atoms with E-state index in [1.165, 1.54) is 39.9 Å². The summed E-state index contributed by atoms with van der Waals surface area (Å²) in [5, 5.41) is 10.9. The summed E-state index contributed by atoms with van der Waals surface area (Å²) in [6.07, 6.45) is -3.33. The van der Waals surface area contributed by atoms with Crippen molar-refractivity contribution in [1.29, 1.82) is 0 Å². The first kappa shape index (κ1) is 20.4. The van der Waals surface area contributed by atoms with Crippen LogP contribution in [0.4, 0.5) is 19.0 Å². The smallest absolute Gasteiger partial charge is 0.444 e. The predicted octanol–water partition coefficient (Wildman–Crippen LogP) is 2.89. The van der Waals surface area contributed by atoms with E-state index in [9.17, 15) is 28.1 Å². The molecule has 1 aromatic heterocycles. The Hall–Kier alpha value is -3.31. The summed E-state index contributed by atoms with van der Waals surface area (Å²) in [5.74, 6) is -0.896. The number of nitrogens with zero attached hydrogens (tertiary/aromatic N) is 4. The number of fused-ring (bicyclic) bond motifs is 1. The molecular formula is C17H17F3N4O5. The van der Waals surface area contributed by atoms with E-state index in [1.807, 2.05) is 0 Å². The highest BCUT2D eigenvalue weighted by molar-refractivity contribution is 5.76. The van der Waals surface area contributed by atoms with Gasteiger partial charge in [0.1, 0.15) is 18.6 Å². The van der Waals surface area contributed by atoms with E-state index >= 15 is 0 Å². The zero-order chi connectivity index (χ0) is 21.2. The number of amides is 1. The number of rotatable bonds is 6. The Bertz CT molecular complexity index is 897. The van der Waals surface area contributed by atoms with E-state index in [2.05, 4.69) is 9.72 Å². The van der Waals surface area contributed by atoms with E-state index in [1.54, 1.807) is 6.92 Å². The third-order valence-electron chi connectivity index (χ3n) is 4.30. The highest BCUT2D eigenvalue weighted by Gasteiger charge is 2.33. The van der Waals surface area contributed by atoms with Crippen molar-refractivity contribution in [3.8, 4) is 11.8 Å². The minimum Gasteiger partial charge on any atom is -0.444 e. The Kier molecular flexibility index (Phi) is 5.62. The average Bonchev–Trinajstić information content (AvgIpc) is 3.09. The number of halogens is 3. The van der Waals surface area contributed by atoms with Crippen LogP contribution in [0.2, 0.25) is 0 Å². The topological polar surface area (TPSA) is 99.7 Å². The number of carbonyl (C=O) groups is 1. The molecule has 1 atom stereocenters. The highest BCUT2D eigenvalue weighted by atomic mass is 19.4. The van der Waals surface area contributed by atoms with Crippen molar-refractivity contribution in [2.45, 2.75) is 38.8 Å². The molecule has 2 aromatic rings. The molecule has 0 bridgehead atoms.